The molecule has 2 N–H and O–H groups in total. The summed E-state index contributed by atoms with van der Waals surface area (Å²) in [5.74, 6) is -0.335. The van der Waals surface area contributed by atoms with Crippen molar-refractivity contribution in [1.82, 2.24) is 10.3 Å². The van der Waals surface area contributed by atoms with E-state index in [4.69, 9.17) is 5.26 Å². The van der Waals surface area contributed by atoms with E-state index in [2.05, 4.69) is 15.6 Å². The van der Waals surface area contributed by atoms with Crippen LogP contribution >= 0.6 is 0 Å². The van der Waals surface area contributed by atoms with Crippen LogP contribution in [0.5, 0.6) is 0 Å². The SMILES string of the molecule is CC(C)NC(=O)CNc1ncc(C#N)cc1[N+](=O)[O-]. The minimum atomic E-state index is -0.656. The van der Waals surface area contributed by atoms with Crippen LogP contribution in [0.2, 0.25) is 0 Å². The van der Waals surface area contributed by atoms with Crippen molar-refractivity contribution in [3.05, 3.63) is 27.9 Å². The Kier molecular flexibility index (Phi) is 4.76. The summed E-state index contributed by atoms with van der Waals surface area (Å²) in [4.78, 5) is 25.3. The molecule has 0 radical (unpaired) electrons. The zero-order valence-corrected chi connectivity index (χ0v) is 10.5. The standard InChI is InChI=1S/C11H13N5O3/c1-7(2)15-10(17)6-14-11-9(16(18)19)3-8(4-12)5-13-11/h3,5,7H,6H2,1-2H3,(H,13,14)(H,15,17). The molecule has 0 aliphatic heterocycles. The second-order valence-corrected chi connectivity index (χ2v) is 4.04. The first kappa shape index (κ1) is 14.4. The van der Waals surface area contributed by atoms with Crippen LogP contribution in [0.25, 0.3) is 0 Å². The third-order valence-corrected chi connectivity index (χ3v) is 2.06. The van der Waals surface area contributed by atoms with Crippen molar-refractivity contribution < 1.29 is 9.72 Å². The second kappa shape index (κ2) is 6.30. The van der Waals surface area contributed by atoms with Crippen molar-refractivity contribution in [2.45, 2.75) is 19.9 Å². The molecule has 1 rings (SSSR count). The number of carbonyl (C=O) groups is 1. The Hall–Kier alpha value is -2.69. The first-order valence-electron chi connectivity index (χ1n) is 5.51. The largest absolute Gasteiger partial charge is 0.355 e. The van der Waals surface area contributed by atoms with Gasteiger partial charge in [-0.3, -0.25) is 14.9 Å². The number of pyridine rings is 1. The highest BCUT2D eigenvalue weighted by Gasteiger charge is 2.17. The van der Waals surface area contributed by atoms with Gasteiger partial charge in [-0.05, 0) is 13.8 Å². The van der Waals surface area contributed by atoms with Gasteiger partial charge in [0.05, 0.1) is 17.0 Å². The van der Waals surface area contributed by atoms with Crippen molar-refractivity contribution >= 4 is 17.4 Å². The summed E-state index contributed by atoms with van der Waals surface area (Å²) in [7, 11) is 0. The summed E-state index contributed by atoms with van der Waals surface area (Å²) in [6, 6.07) is 2.86. The third-order valence-electron chi connectivity index (χ3n) is 2.06. The van der Waals surface area contributed by atoms with E-state index in [9.17, 15) is 14.9 Å². The van der Waals surface area contributed by atoms with Gasteiger partial charge in [0.2, 0.25) is 11.7 Å². The number of anilines is 1. The van der Waals surface area contributed by atoms with Gasteiger partial charge in [0.25, 0.3) is 0 Å². The Bertz CT molecular complexity index is 536. The maximum Gasteiger partial charge on any atom is 0.312 e. The molecule has 0 saturated carbocycles. The van der Waals surface area contributed by atoms with Gasteiger partial charge < -0.3 is 10.6 Å². The van der Waals surface area contributed by atoms with E-state index in [1.165, 1.54) is 6.20 Å². The predicted molar refractivity (Wildman–Crippen MR) is 67.4 cm³/mol. The van der Waals surface area contributed by atoms with E-state index in [1.807, 2.05) is 0 Å². The molecule has 0 unspecified atom stereocenters. The lowest BCUT2D eigenvalue weighted by molar-refractivity contribution is -0.384. The fourth-order valence-electron chi connectivity index (χ4n) is 1.33. The summed E-state index contributed by atoms with van der Waals surface area (Å²) in [5, 5.41) is 24.7. The lowest BCUT2D eigenvalue weighted by Gasteiger charge is -2.09. The first-order chi connectivity index (χ1) is 8.93. The first-order valence-corrected chi connectivity index (χ1v) is 5.51. The number of hydrogen-bond donors (Lipinski definition) is 2. The van der Waals surface area contributed by atoms with Crippen molar-refractivity contribution in [2.75, 3.05) is 11.9 Å². The Labute approximate surface area is 109 Å². The zero-order chi connectivity index (χ0) is 14.4. The molecule has 1 aromatic heterocycles. The molecule has 1 aromatic rings. The summed E-state index contributed by atoms with van der Waals surface area (Å²) in [5.41, 5.74) is -0.250. The van der Waals surface area contributed by atoms with Gasteiger partial charge in [0.1, 0.15) is 6.07 Å². The molecule has 0 aromatic carbocycles. The number of nitrogens with zero attached hydrogens (tertiary/aromatic N) is 3. The lowest BCUT2D eigenvalue weighted by atomic mass is 10.2. The van der Waals surface area contributed by atoms with Gasteiger partial charge in [-0.1, -0.05) is 0 Å². The molecule has 0 spiro atoms. The van der Waals surface area contributed by atoms with Gasteiger partial charge >= 0.3 is 5.69 Å². The lowest BCUT2D eigenvalue weighted by Crippen LogP contribution is -2.35. The average Bonchev–Trinajstić information content (AvgIpc) is 2.35. The summed E-state index contributed by atoms with van der Waals surface area (Å²) < 4.78 is 0. The highest BCUT2D eigenvalue weighted by molar-refractivity contribution is 5.81. The Morgan fingerprint density at radius 1 is 1.63 bits per heavy atom. The topological polar surface area (TPSA) is 121 Å². The quantitative estimate of drug-likeness (QED) is 0.598. The minimum absolute atomic E-state index is 0.0155. The van der Waals surface area contributed by atoms with Crippen molar-refractivity contribution in [3.63, 3.8) is 0 Å². The van der Waals surface area contributed by atoms with Gasteiger partial charge in [-0.2, -0.15) is 5.26 Å². The molecule has 19 heavy (non-hydrogen) atoms. The van der Waals surface area contributed by atoms with Gasteiger partial charge in [0.15, 0.2) is 0 Å². The van der Waals surface area contributed by atoms with Crippen molar-refractivity contribution in [2.24, 2.45) is 0 Å². The van der Waals surface area contributed by atoms with E-state index >= 15 is 0 Å². The van der Waals surface area contributed by atoms with Gasteiger partial charge in [-0.15, -0.1) is 0 Å². The molecule has 0 saturated heterocycles. The number of hydrogen-bond acceptors (Lipinski definition) is 6. The van der Waals surface area contributed by atoms with Crippen LogP contribution in [-0.2, 0) is 4.79 Å². The number of rotatable bonds is 5. The number of nitro groups is 1. The van der Waals surface area contributed by atoms with Crippen LogP contribution in [0, 0.1) is 21.4 Å². The third kappa shape index (κ3) is 4.23. The molecule has 100 valence electrons. The highest BCUT2D eigenvalue weighted by Crippen LogP contribution is 2.22. The number of amides is 1. The molecule has 0 aliphatic carbocycles. The predicted octanol–water partition coefficient (Wildman–Crippen LogP) is 0.798. The fourth-order valence-corrected chi connectivity index (χ4v) is 1.33. The minimum Gasteiger partial charge on any atom is -0.355 e. The van der Waals surface area contributed by atoms with Crippen LogP contribution in [0.3, 0.4) is 0 Å². The van der Waals surface area contributed by atoms with E-state index in [0.717, 1.165) is 6.07 Å². The Morgan fingerprint density at radius 2 is 2.32 bits per heavy atom. The molecule has 8 nitrogen and oxygen atoms in total. The molecule has 0 aliphatic rings. The molecule has 1 amide bonds. The number of aromatic nitrogens is 1. The van der Waals surface area contributed by atoms with Crippen LogP contribution < -0.4 is 10.6 Å². The number of nitrogens with one attached hydrogen (secondary N) is 2. The zero-order valence-electron chi connectivity index (χ0n) is 10.5. The Morgan fingerprint density at radius 3 is 2.84 bits per heavy atom. The number of carbonyl (C=O) groups excluding carboxylic acids is 1. The van der Waals surface area contributed by atoms with Crippen molar-refractivity contribution in [3.8, 4) is 6.07 Å². The summed E-state index contributed by atoms with van der Waals surface area (Å²) in [6.07, 6.45) is 1.20. The summed E-state index contributed by atoms with van der Waals surface area (Å²) >= 11 is 0. The van der Waals surface area contributed by atoms with E-state index < -0.39 is 4.92 Å². The van der Waals surface area contributed by atoms with Crippen LogP contribution in [0.15, 0.2) is 12.3 Å². The van der Waals surface area contributed by atoms with Crippen molar-refractivity contribution in [1.29, 1.82) is 5.26 Å². The van der Waals surface area contributed by atoms with E-state index in [0.29, 0.717) is 0 Å². The van der Waals surface area contributed by atoms with E-state index in [-0.39, 0.29) is 35.6 Å². The highest BCUT2D eigenvalue weighted by atomic mass is 16.6. The molecule has 0 atom stereocenters. The maximum absolute atomic E-state index is 11.4. The van der Waals surface area contributed by atoms with E-state index in [1.54, 1.807) is 19.9 Å². The Balaban J connectivity index is 2.81. The monoisotopic (exact) mass is 263 g/mol. The molecule has 0 fully saturated rings. The normalized spacial score (nSPS) is 9.79. The van der Waals surface area contributed by atoms with Crippen LogP contribution in [0.1, 0.15) is 19.4 Å². The second-order valence-electron chi connectivity index (χ2n) is 4.04. The van der Waals surface area contributed by atoms with Gasteiger partial charge in [-0.25, -0.2) is 4.98 Å². The summed E-state index contributed by atoms with van der Waals surface area (Å²) in [6.45, 7) is 3.48. The molecular weight excluding hydrogens is 250 g/mol. The smallest absolute Gasteiger partial charge is 0.312 e. The van der Waals surface area contributed by atoms with Crippen LogP contribution in [-0.4, -0.2) is 28.4 Å². The molecule has 0 bridgehead atoms. The molecule has 1 heterocycles. The van der Waals surface area contributed by atoms with Crippen LogP contribution in [0.4, 0.5) is 11.5 Å². The molecule has 8 heteroatoms. The van der Waals surface area contributed by atoms with Gasteiger partial charge in [0, 0.05) is 18.3 Å². The maximum atomic E-state index is 11.4. The molecular formula is C11H13N5O3. The fraction of sp³-hybridized carbons (Fsp3) is 0.364. The number of nitriles is 1. The average molecular weight is 263 g/mol.